The quantitative estimate of drug-likeness (QED) is 0.840. The van der Waals surface area contributed by atoms with Gasteiger partial charge in [0.25, 0.3) is 0 Å². The third-order valence-electron chi connectivity index (χ3n) is 3.57. The first-order valence-corrected chi connectivity index (χ1v) is 6.63. The summed E-state index contributed by atoms with van der Waals surface area (Å²) in [6.07, 6.45) is 9.56. The van der Waals surface area contributed by atoms with Crippen LogP contribution in [-0.2, 0) is 0 Å². The van der Waals surface area contributed by atoms with Crippen LogP contribution in [0.25, 0.3) is 0 Å². The minimum absolute atomic E-state index is 0.342. The average Bonchev–Trinajstić information content (AvgIpc) is 2.32. The predicted molar refractivity (Wildman–Crippen MR) is 70.7 cm³/mol. The molecule has 3 N–H and O–H groups in total. The van der Waals surface area contributed by atoms with E-state index in [1.54, 1.807) is 6.20 Å². The molecule has 1 saturated carbocycles. The maximum absolute atomic E-state index is 5.56. The van der Waals surface area contributed by atoms with Crippen molar-refractivity contribution in [2.75, 3.05) is 11.1 Å². The van der Waals surface area contributed by atoms with Gasteiger partial charge in [-0.15, -0.1) is 0 Å². The highest BCUT2D eigenvalue weighted by Crippen LogP contribution is 2.29. The molecule has 0 bridgehead atoms. The van der Waals surface area contributed by atoms with Gasteiger partial charge >= 0.3 is 0 Å². The van der Waals surface area contributed by atoms with Crippen molar-refractivity contribution in [1.82, 2.24) is 9.97 Å². The lowest BCUT2D eigenvalue weighted by Crippen LogP contribution is -2.26. The predicted octanol–water partition coefficient (Wildman–Crippen LogP) is 2.83. The molecule has 0 aromatic carbocycles. The SMILES string of the molecule is CCCC1CCC(Nc2ccnc(N)n2)CC1. The van der Waals surface area contributed by atoms with Gasteiger partial charge in [-0.3, -0.25) is 0 Å². The van der Waals surface area contributed by atoms with E-state index in [0.29, 0.717) is 12.0 Å². The molecule has 0 aliphatic heterocycles. The van der Waals surface area contributed by atoms with Crippen LogP contribution in [0.5, 0.6) is 0 Å². The largest absolute Gasteiger partial charge is 0.368 e. The van der Waals surface area contributed by atoms with Crippen molar-refractivity contribution in [3.63, 3.8) is 0 Å². The van der Waals surface area contributed by atoms with Crippen LogP contribution >= 0.6 is 0 Å². The summed E-state index contributed by atoms with van der Waals surface area (Å²) in [5.41, 5.74) is 5.56. The number of nitrogens with zero attached hydrogens (tertiary/aromatic N) is 2. The van der Waals surface area contributed by atoms with E-state index in [4.69, 9.17) is 5.73 Å². The minimum atomic E-state index is 0.342. The zero-order chi connectivity index (χ0) is 12.1. The molecular weight excluding hydrogens is 212 g/mol. The molecular formula is C13H22N4. The van der Waals surface area contributed by atoms with Gasteiger partial charge in [-0.2, -0.15) is 4.98 Å². The summed E-state index contributed by atoms with van der Waals surface area (Å²) in [5, 5.41) is 3.45. The molecule has 0 unspecified atom stereocenters. The molecule has 1 heterocycles. The maximum atomic E-state index is 5.56. The Morgan fingerprint density at radius 1 is 1.35 bits per heavy atom. The van der Waals surface area contributed by atoms with Gasteiger partial charge in [-0.1, -0.05) is 19.8 Å². The Morgan fingerprint density at radius 3 is 2.76 bits per heavy atom. The van der Waals surface area contributed by atoms with E-state index in [1.165, 1.54) is 38.5 Å². The lowest BCUT2D eigenvalue weighted by Gasteiger charge is -2.29. The van der Waals surface area contributed by atoms with Gasteiger partial charge in [0.15, 0.2) is 0 Å². The van der Waals surface area contributed by atoms with E-state index in [2.05, 4.69) is 22.2 Å². The van der Waals surface area contributed by atoms with E-state index >= 15 is 0 Å². The van der Waals surface area contributed by atoms with Gasteiger partial charge in [0.1, 0.15) is 5.82 Å². The van der Waals surface area contributed by atoms with Crippen molar-refractivity contribution >= 4 is 11.8 Å². The van der Waals surface area contributed by atoms with Crippen molar-refractivity contribution in [2.24, 2.45) is 5.92 Å². The number of aromatic nitrogens is 2. The standard InChI is InChI=1S/C13H22N4/c1-2-3-10-4-6-11(7-5-10)16-12-8-9-15-13(14)17-12/h8-11H,2-7H2,1H3,(H3,14,15,16,17). The van der Waals surface area contributed by atoms with Crippen LogP contribution in [0.15, 0.2) is 12.3 Å². The molecule has 1 aromatic rings. The topological polar surface area (TPSA) is 63.8 Å². The Morgan fingerprint density at radius 2 is 2.12 bits per heavy atom. The Balaban J connectivity index is 1.82. The average molecular weight is 234 g/mol. The van der Waals surface area contributed by atoms with Crippen LogP contribution in [0.4, 0.5) is 11.8 Å². The summed E-state index contributed by atoms with van der Waals surface area (Å²) < 4.78 is 0. The first-order valence-electron chi connectivity index (χ1n) is 6.63. The molecule has 1 aliphatic carbocycles. The van der Waals surface area contributed by atoms with Gasteiger partial charge in [0.2, 0.25) is 5.95 Å². The second-order valence-corrected chi connectivity index (χ2v) is 4.95. The molecule has 94 valence electrons. The Hall–Kier alpha value is -1.32. The summed E-state index contributed by atoms with van der Waals surface area (Å²) in [7, 11) is 0. The second-order valence-electron chi connectivity index (χ2n) is 4.95. The van der Waals surface area contributed by atoms with E-state index in [0.717, 1.165) is 11.7 Å². The summed E-state index contributed by atoms with van der Waals surface area (Å²) >= 11 is 0. The number of nitrogens with two attached hydrogens (primary N) is 1. The van der Waals surface area contributed by atoms with Gasteiger partial charge < -0.3 is 11.1 Å². The smallest absolute Gasteiger partial charge is 0.221 e. The molecule has 4 nitrogen and oxygen atoms in total. The van der Waals surface area contributed by atoms with Gasteiger partial charge in [-0.25, -0.2) is 4.98 Å². The lowest BCUT2D eigenvalue weighted by atomic mass is 9.83. The number of nitrogen functional groups attached to an aromatic ring is 1. The first kappa shape index (κ1) is 12.1. The van der Waals surface area contributed by atoms with E-state index < -0.39 is 0 Å². The molecule has 4 heteroatoms. The molecule has 0 saturated heterocycles. The van der Waals surface area contributed by atoms with Crippen LogP contribution < -0.4 is 11.1 Å². The minimum Gasteiger partial charge on any atom is -0.368 e. The van der Waals surface area contributed by atoms with Crippen molar-refractivity contribution in [3.05, 3.63) is 12.3 Å². The molecule has 17 heavy (non-hydrogen) atoms. The fraction of sp³-hybridized carbons (Fsp3) is 0.692. The first-order chi connectivity index (χ1) is 8.28. The highest BCUT2D eigenvalue weighted by molar-refractivity contribution is 5.38. The molecule has 0 atom stereocenters. The highest BCUT2D eigenvalue weighted by atomic mass is 15.1. The third-order valence-corrected chi connectivity index (χ3v) is 3.57. The van der Waals surface area contributed by atoms with Gasteiger partial charge in [0.05, 0.1) is 0 Å². The Kier molecular flexibility index (Phi) is 4.18. The fourth-order valence-electron chi connectivity index (χ4n) is 2.67. The van der Waals surface area contributed by atoms with E-state index in [1.807, 2.05) is 6.07 Å². The summed E-state index contributed by atoms with van der Waals surface area (Å²) in [6, 6.07) is 2.44. The normalized spacial score (nSPS) is 24.5. The zero-order valence-corrected chi connectivity index (χ0v) is 10.5. The zero-order valence-electron chi connectivity index (χ0n) is 10.5. The molecule has 0 spiro atoms. The van der Waals surface area contributed by atoms with Crippen molar-refractivity contribution in [1.29, 1.82) is 0 Å². The lowest BCUT2D eigenvalue weighted by molar-refractivity contribution is 0.318. The molecule has 1 aliphatic rings. The van der Waals surface area contributed by atoms with E-state index in [-0.39, 0.29) is 0 Å². The monoisotopic (exact) mass is 234 g/mol. The number of rotatable bonds is 4. The number of hydrogen-bond acceptors (Lipinski definition) is 4. The van der Waals surface area contributed by atoms with Crippen molar-refractivity contribution in [3.8, 4) is 0 Å². The molecule has 2 rings (SSSR count). The van der Waals surface area contributed by atoms with Crippen LogP contribution in [-0.4, -0.2) is 16.0 Å². The highest BCUT2D eigenvalue weighted by Gasteiger charge is 2.20. The van der Waals surface area contributed by atoms with Crippen LogP contribution in [0.1, 0.15) is 45.4 Å². The maximum Gasteiger partial charge on any atom is 0.221 e. The third kappa shape index (κ3) is 3.58. The molecule has 1 aromatic heterocycles. The fourth-order valence-corrected chi connectivity index (χ4v) is 2.67. The molecule has 0 radical (unpaired) electrons. The second kappa shape index (κ2) is 5.84. The summed E-state index contributed by atoms with van der Waals surface area (Å²) in [6.45, 7) is 2.27. The summed E-state index contributed by atoms with van der Waals surface area (Å²) in [5.74, 6) is 2.14. The number of nitrogens with one attached hydrogen (secondary N) is 1. The number of hydrogen-bond donors (Lipinski definition) is 2. The van der Waals surface area contributed by atoms with Crippen LogP contribution in [0, 0.1) is 5.92 Å². The van der Waals surface area contributed by atoms with Crippen molar-refractivity contribution in [2.45, 2.75) is 51.5 Å². The van der Waals surface area contributed by atoms with E-state index in [9.17, 15) is 0 Å². The van der Waals surface area contributed by atoms with Gasteiger partial charge in [-0.05, 0) is 37.7 Å². The Labute approximate surface area is 103 Å². The van der Waals surface area contributed by atoms with Gasteiger partial charge in [0, 0.05) is 12.2 Å². The molecule has 0 amide bonds. The summed E-state index contributed by atoms with van der Waals surface area (Å²) in [4.78, 5) is 8.07. The van der Waals surface area contributed by atoms with Crippen molar-refractivity contribution < 1.29 is 0 Å². The number of anilines is 2. The van der Waals surface area contributed by atoms with Crippen LogP contribution in [0.2, 0.25) is 0 Å². The van der Waals surface area contributed by atoms with Crippen LogP contribution in [0.3, 0.4) is 0 Å². The Bertz CT molecular complexity index is 345. The molecule has 1 fully saturated rings.